The molecule has 0 aliphatic rings. The van der Waals surface area contributed by atoms with Gasteiger partial charge in [-0.1, -0.05) is 0 Å². The van der Waals surface area contributed by atoms with Gasteiger partial charge in [-0.3, -0.25) is 9.10 Å². The van der Waals surface area contributed by atoms with Crippen molar-refractivity contribution >= 4 is 39.2 Å². The summed E-state index contributed by atoms with van der Waals surface area (Å²) in [6, 6.07) is 4.59. The van der Waals surface area contributed by atoms with Crippen molar-refractivity contribution in [2.75, 3.05) is 30.1 Å². The number of hydrogen-bond acceptors (Lipinski definition) is 7. The van der Waals surface area contributed by atoms with Crippen LogP contribution >= 0.6 is 0 Å². The van der Waals surface area contributed by atoms with Gasteiger partial charge in [-0.15, -0.1) is 0 Å². The van der Waals surface area contributed by atoms with Crippen molar-refractivity contribution in [2.45, 2.75) is 13.0 Å². The molecule has 0 radical (unpaired) electrons. The van der Waals surface area contributed by atoms with Crippen molar-refractivity contribution in [2.24, 2.45) is 0 Å². The van der Waals surface area contributed by atoms with Crippen LogP contribution in [0.15, 0.2) is 36.4 Å². The van der Waals surface area contributed by atoms with Gasteiger partial charge in [0, 0.05) is 11.8 Å². The molecule has 1 amide bonds. The van der Waals surface area contributed by atoms with Crippen LogP contribution in [-0.2, 0) is 24.3 Å². The lowest BCUT2D eigenvalue weighted by atomic mass is 10.1. The van der Waals surface area contributed by atoms with Gasteiger partial charge in [-0.05, 0) is 37.3 Å². The highest BCUT2D eigenvalue weighted by atomic mass is 32.2. The first kappa shape index (κ1) is 24.7. The Morgan fingerprint density at radius 3 is 1.91 bits per heavy atom. The molecule has 1 atom stereocenters. The second-order valence-corrected chi connectivity index (χ2v) is 8.46. The van der Waals surface area contributed by atoms with Crippen molar-refractivity contribution in [1.29, 1.82) is 0 Å². The van der Waals surface area contributed by atoms with Crippen molar-refractivity contribution in [3.63, 3.8) is 0 Å². The van der Waals surface area contributed by atoms with E-state index in [-0.39, 0.29) is 22.5 Å². The summed E-state index contributed by atoms with van der Waals surface area (Å²) in [5, 5.41) is 2.40. The Morgan fingerprint density at radius 2 is 1.47 bits per heavy atom. The second-order valence-electron chi connectivity index (χ2n) is 6.60. The molecule has 0 fully saturated rings. The zero-order valence-electron chi connectivity index (χ0n) is 17.5. The number of benzene rings is 2. The van der Waals surface area contributed by atoms with Crippen molar-refractivity contribution < 1.29 is 41.1 Å². The lowest BCUT2D eigenvalue weighted by Crippen LogP contribution is -2.45. The lowest BCUT2D eigenvalue weighted by molar-refractivity contribution is -0.116. The summed E-state index contributed by atoms with van der Waals surface area (Å²) in [4.78, 5) is 36.6. The summed E-state index contributed by atoms with van der Waals surface area (Å²) in [6.07, 6.45) is 0.797. The molecule has 0 saturated carbocycles. The van der Waals surface area contributed by atoms with E-state index in [1.165, 1.54) is 25.1 Å². The molecular weight excluding hydrogens is 450 g/mol. The number of esters is 2. The van der Waals surface area contributed by atoms with Gasteiger partial charge < -0.3 is 14.8 Å². The van der Waals surface area contributed by atoms with Crippen LogP contribution in [0.5, 0.6) is 0 Å². The summed E-state index contributed by atoms with van der Waals surface area (Å²) in [5.74, 6) is -4.94. The molecule has 12 heteroatoms. The Bertz CT molecular complexity index is 1130. The predicted molar refractivity (Wildman–Crippen MR) is 111 cm³/mol. The second kappa shape index (κ2) is 9.73. The van der Waals surface area contributed by atoms with Crippen LogP contribution in [0.25, 0.3) is 0 Å². The summed E-state index contributed by atoms with van der Waals surface area (Å²) >= 11 is 0. The molecule has 9 nitrogen and oxygen atoms in total. The van der Waals surface area contributed by atoms with Crippen molar-refractivity contribution in [3.8, 4) is 0 Å². The van der Waals surface area contributed by atoms with Crippen LogP contribution in [0.4, 0.5) is 20.2 Å². The number of nitrogens with one attached hydrogen (secondary N) is 1. The van der Waals surface area contributed by atoms with E-state index in [4.69, 9.17) is 0 Å². The summed E-state index contributed by atoms with van der Waals surface area (Å²) in [6.45, 7) is 1.23. The van der Waals surface area contributed by atoms with Crippen molar-refractivity contribution in [1.82, 2.24) is 0 Å². The Kier molecular flexibility index (Phi) is 7.52. The van der Waals surface area contributed by atoms with Crippen LogP contribution in [-0.4, -0.2) is 52.8 Å². The topological polar surface area (TPSA) is 119 Å². The minimum Gasteiger partial charge on any atom is -0.465 e. The molecule has 0 aromatic heterocycles. The maximum atomic E-state index is 13.7. The van der Waals surface area contributed by atoms with Gasteiger partial charge in [0.15, 0.2) is 11.6 Å². The fraction of sp³-hybridized carbons (Fsp3) is 0.250. The average Bonchev–Trinajstić information content (AvgIpc) is 2.73. The molecule has 32 heavy (non-hydrogen) atoms. The molecule has 2 aromatic carbocycles. The fourth-order valence-corrected chi connectivity index (χ4v) is 4.02. The molecular formula is C20H20F2N2O7S. The zero-order valence-corrected chi connectivity index (χ0v) is 18.3. The number of sulfonamides is 1. The SMILES string of the molecule is COC(=O)c1cc(NC(=O)C(C)N(c2ccc(F)c(F)c2)S(C)(=O)=O)cc(C(=O)OC)c1. The van der Waals surface area contributed by atoms with Crippen LogP contribution in [0.2, 0.25) is 0 Å². The minimum absolute atomic E-state index is 0.0242. The number of rotatable bonds is 7. The van der Waals surface area contributed by atoms with Gasteiger partial charge in [-0.2, -0.15) is 0 Å². The van der Waals surface area contributed by atoms with Gasteiger partial charge in [0.25, 0.3) is 0 Å². The summed E-state index contributed by atoms with van der Waals surface area (Å²) in [5.41, 5.74) is -0.436. The minimum atomic E-state index is -4.10. The molecule has 0 aliphatic heterocycles. The molecule has 2 aromatic rings. The number of amides is 1. The Morgan fingerprint density at radius 1 is 0.938 bits per heavy atom. The number of methoxy groups -OCH3 is 2. The fourth-order valence-electron chi connectivity index (χ4n) is 2.85. The third-order valence-electron chi connectivity index (χ3n) is 4.29. The Labute approximate surface area is 183 Å². The van der Waals surface area contributed by atoms with E-state index < -0.39 is 45.5 Å². The molecule has 172 valence electrons. The number of ether oxygens (including phenoxy) is 2. The van der Waals surface area contributed by atoms with E-state index in [1.807, 2.05) is 0 Å². The largest absolute Gasteiger partial charge is 0.465 e. The molecule has 0 saturated heterocycles. The molecule has 0 bridgehead atoms. The van der Waals surface area contributed by atoms with Crippen LogP contribution in [0.3, 0.4) is 0 Å². The van der Waals surface area contributed by atoms with Crippen LogP contribution in [0.1, 0.15) is 27.6 Å². The Balaban J connectivity index is 2.43. The average molecular weight is 470 g/mol. The van der Waals surface area contributed by atoms with Gasteiger partial charge in [0.05, 0.1) is 37.3 Å². The molecule has 1 N–H and O–H groups in total. The highest BCUT2D eigenvalue weighted by Gasteiger charge is 2.30. The highest BCUT2D eigenvalue weighted by molar-refractivity contribution is 7.92. The van der Waals surface area contributed by atoms with Gasteiger partial charge in [0.2, 0.25) is 15.9 Å². The van der Waals surface area contributed by atoms with E-state index in [2.05, 4.69) is 14.8 Å². The van der Waals surface area contributed by atoms with E-state index in [0.29, 0.717) is 10.4 Å². The third kappa shape index (κ3) is 5.58. The number of nitrogens with zero attached hydrogens (tertiary/aromatic N) is 1. The number of carbonyl (C=O) groups excluding carboxylic acids is 3. The van der Waals surface area contributed by atoms with E-state index in [0.717, 1.165) is 32.6 Å². The molecule has 1 unspecified atom stereocenters. The van der Waals surface area contributed by atoms with Crippen LogP contribution in [0, 0.1) is 11.6 Å². The molecule has 0 heterocycles. The maximum Gasteiger partial charge on any atom is 0.337 e. The molecule has 2 rings (SSSR count). The Hall–Kier alpha value is -3.54. The van der Waals surface area contributed by atoms with E-state index in [1.54, 1.807) is 0 Å². The molecule has 0 aliphatic carbocycles. The predicted octanol–water partition coefficient (Wildman–Crippen LogP) is 2.33. The van der Waals surface area contributed by atoms with Gasteiger partial charge >= 0.3 is 11.9 Å². The maximum absolute atomic E-state index is 13.7. The summed E-state index contributed by atoms with van der Waals surface area (Å²) in [7, 11) is -1.85. The van der Waals surface area contributed by atoms with Gasteiger partial charge in [-0.25, -0.2) is 26.8 Å². The van der Waals surface area contributed by atoms with Crippen LogP contribution < -0.4 is 9.62 Å². The monoisotopic (exact) mass is 470 g/mol. The number of hydrogen-bond donors (Lipinski definition) is 1. The molecule has 0 spiro atoms. The summed E-state index contributed by atoms with van der Waals surface area (Å²) < 4.78 is 61.4. The quantitative estimate of drug-likeness (QED) is 0.617. The first-order chi connectivity index (χ1) is 14.9. The lowest BCUT2D eigenvalue weighted by Gasteiger charge is -2.28. The van der Waals surface area contributed by atoms with E-state index >= 15 is 0 Å². The van der Waals surface area contributed by atoms with E-state index in [9.17, 15) is 31.6 Å². The highest BCUT2D eigenvalue weighted by Crippen LogP contribution is 2.24. The number of halogens is 2. The first-order valence-electron chi connectivity index (χ1n) is 8.96. The zero-order chi connectivity index (χ0) is 24.2. The third-order valence-corrected chi connectivity index (χ3v) is 5.53. The standard InChI is InChI=1S/C20H20F2N2O7S/c1-11(24(32(4,28)29)15-5-6-16(21)17(22)10-15)18(25)23-14-8-12(19(26)30-2)7-13(9-14)20(27)31-3/h5-11H,1-4H3,(H,23,25). The normalized spacial score (nSPS) is 11.9. The number of carbonyl (C=O) groups is 3. The smallest absolute Gasteiger partial charge is 0.337 e. The first-order valence-corrected chi connectivity index (χ1v) is 10.8. The number of anilines is 2. The van der Waals surface area contributed by atoms with Gasteiger partial charge in [0.1, 0.15) is 6.04 Å². The van der Waals surface area contributed by atoms with Crippen molar-refractivity contribution in [3.05, 3.63) is 59.2 Å².